The van der Waals surface area contributed by atoms with E-state index in [9.17, 15) is 4.79 Å². The first kappa shape index (κ1) is 12.7. The Morgan fingerprint density at radius 1 is 1.33 bits per heavy atom. The largest absolute Gasteiger partial charge is 0.381 e. The van der Waals surface area contributed by atoms with Crippen molar-refractivity contribution in [1.29, 1.82) is 0 Å². The fourth-order valence-electron chi connectivity index (χ4n) is 2.08. The van der Waals surface area contributed by atoms with Crippen molar-refractivity contribution in [2.75, 3.05) is 23.7 Å². The fourth-order valence-corrected chi connectivity index (χ4v) is 2.08. The second-order valence-electron chi connectivity index (χ2n) is 4.62. The number of nitrogens with one attached hydrogen (secondary N) is 3. The van der Waals surface area contributed by atoms with Gasteiger partial charge < -0.3 is 16.0 Å². The smallest absolute Gasteiger partial charge is 0.244 e. The third kappa shape index (κ3) is 3.15. The van der Waals surface area contributed by atoms with Crippen molar-refractivity contribution < 1.29 is 4.79 Å². The summed E-state index contributed by atoms with van der Waals surface area (Å²) in [7, 11) is 0. The fraction of sp³-hybridized carbons (Fsp3) is 0.500. The Kier molecular flexibility index (Phi) is 4.45. The maximum atomic E-state index is 12.0. The summed E-state index contributed by atoms with van der Waals surface area (Å²) in [6.45, 7) is 3.56. The molecule has 1 aliphatic heterocycles. The van der Waals surface area contributed by atoms with Crippen LogP contribution in [0.25, 0.3) is 0 Å². The number of rotatable bonds is 5. The number of hydrogen-bond acceptors (Lipinski definition) is 3. The van der Waals surface area contributed by atoms with Crippen molar-refractivity contribution >= 4 is 17.3 Å². The lowest BCUT2D eigenvalue weighted by molar-refractivity contribution is -0.121. The van der Waals surface area contributed by atoms with E-state index in [-0.39, 0.29) is 11.9 Å². The number of fused-ring (bicyclic) bond motifs is 1. The van der Waals surface area contributed by atoms with Crippen LogP contribution in [-0.4, -0.2) is 25.0 Å². The molecule has 1 atom stereocenters. The van der Waals surface area contributed by atoms with Gasteiger partial charge in [-0.2, -0.15) is 0 Å². The van der Waals surface area contributed by atoms with Crippen LogP contribution in [-0.2, 0) is 4.79 Å². The van der Waals surface area contributed by atoms with Crippen LogP contribution in [0.5, 0.6) is 0 Å². The Labute approximate surface area is 108 Å². The number of anilines is 2. The van der Waals surface area contributed by atoms with Gasteiger partial charge in [-0.1, -0.05) is 31.9 Å². The minimum atomic E-state index is -0.179. The minimum absolute atomic E-state index is 0.0770. The van der Waals surface area contributed by atoms with Gasteiger partial charge in [0, 0.05) is 13.1 Å². The van der Waals surface area contributed by atoms with Crippen LogP contribution in [0.1, 0.15) is 26.2 Å². The molecule has 4 nitrogen and oxygen atoms in total. The highest BCUT2D eigenvalue weighted by molar-refractivity contribution is 5.88. The van der Waals surface area contributed by atoms with E-state index in [0.717, 1.165) is 24.3 Å². The first-order valence-corrected chi connectivity index (χ1v) is 6.68. The summed E-state index contributed by atoms with van der Waals surface area (Å²) in [6.07, 6.45) is 3.39. The van der Waals surface area contributed by atoms with Crippen molar-refractivity contribution in [3.8, 4) is 0 Å². The SMILES string of the molecule is CCCCCNC(=O)C1CNc2ccccc2N1. The molecule has 0 aliphatic carbocycles. The molecule has 0 saturated carbocycles. The number of para-hydroxylation sites is 2. The van der Waals surface area contributed by atoms with Gasteiger partial charge in [0.1, 0.15) is 6.04 Å². The number of unbranched alkanes of at least 4 members (excludes halogenated alkanes) is 2. The molecule has 1 aliphatic rings. The number of carbonyl (C=O) groups excluding carboxylic acids is 1. The standard InChI is InChI=1S/C14H21N3O/c1-2-3-6-9-15-14(18)13-10-16-11-7-4-5-8-12(11)17-13/h4-5,7-8,13,16-17H,2-3,6,9-10H2,1H3,(H,15,18). The summed E-state index contributed by atoms with van der Waals surface area (Å²) >= 11 is 0. The summed E-state index contributed by atoms with van der Waals surface area (Å²) in [5.41, 5.74) is 2.06. The van der Waals surface area contributed by atoms with E-state index in [1.165, 1.54) is 12.8 Å². The number of amides is 1. The normalized spacial score (nSPS) is 17.3. The average molecular weight is 247 g/mol. The van der Waals surface area contributed by atoms with Crippen LogP contribution < -0.4 is 16.0 Å². The van der Waals surface area contributed by atoms with E-state index in [2.05, 4.69) is 22.9 Å². The highest BCUT2D eigenvalue weighted by Gasteiger charge is 2.22. The van der Waals surface area contributed by atoms with E-state index in [0.29, 0.717) is 6.54 Å². The van der Waals surface area contributed by atoms with Crippen LogP contribution in [0.4, 0.5) is 11.4 Å². The van der Waals surface area contributed by atoms with Crippen LogP contribution in [0.15, 0.2) is 24.3 Å². The number of carbonyl (C=O) groups is 1. The third-order valence-electron chi connectivity index (χ3n) is 3.15. The van der Waals surface area contributed by atoms with Crippen molar-refractivity contribution in [3.05, 3.63) is 24.3 Å². The molecule has 0 spiro atoms. The summed E-state index contributed by atoms with van der Waals surface area (Å²) in [6, 6.07) is 7.77. The number of benzene rings is 1. The second-order valence-corrected chi connectivity index (χ2v) is 4.62. The lowest BCUT2D eigenvalue weighted by Gasteiger charge is -2.27. The van der Waals surface area contributed by atoms with Gasteiger partial charge in [-0.05, 0) is 18.6 Å². The van der Waals surface area contributed by atoms with Crippen LogP contribution in [0, 0.1) is 0 Å². The Balaban J connectivity index is 1.83. The topological polar surface area (TPSA) is 53.2 Å². The monoisotopic (exact) mass is 247 g/mol. The lowest BCUT2D eigenvalue weighted by atomic mass is 10.1. The predicted octanol–water partition coefficient (Wildman–Crippen LogP) is 2.20. The molecule has 0 aromatic heterocycles. The molecule has 4 heteroatoms. The first-order chi connectivity index (χ1) is 8.81. The quantitative estimate of drug-likeness (QED) is 0.699. The van der Waals surface area contributed by atoms with E-state index in [1.807, 2.05) is 24.3 Å². The zero-order chi connectivity index (χ0) is 12.8. The second kappa shape index (κ2) is 6.28. The van der Waals surface area contributed by atoms with Gasteiger partial charge >= 0.3 is 0 Å². The van der Waals surface area contributed by atoms with Crippen LogP contribution in [0.2, 0.25) is 0 Å². The lowest BCUT2D eigenvalue weighted by Crippen LogP contribution is -2.46. The summed E-state index contributed by atoms with van der Waals surface area (Å²) in [5.74, 6) is 0.0770. The van der Waals surface area contributed by atoms with E-state index in [4.69, 9.17) is 0 Å². The predicted molar refractivity (Wildman–Crippen MR) is 74.9 cm³/mol. The summed E-state index contributed by atoms with van der Waals surface area (Å²) < 4.78 is 0. The molecule has 0 radical (unpaired) electrons. The molecule has 1 aromatic carbocycles. The average Bonchev–Trinajstić information content (AvgIpc) is 2.43. The molecule has 1 aromatic rings. The van der Waals surface area contributed by atoms with Crippen LogP contribution >= 0.6 is 0 Å². The molecular formula is C14H21N3O. The third-order valence-corrected chi connectivity index (χ3v) is 3.15. The molecule has 3 N–H and O–H groups in total. The van der Waals surface area contributed by atoms with Gasteiger partial charge in [-0.15, -0.1) is 0 Å². The first-order valence-electron chi connectivity index (χ1n) is 6.68. The molecule has 0 saturated heterocycles. The van der Waals surface area contributed by atoms with Crippen molar-refractivity contribution in [2.24, 2.45) is 0 Å². The van der Waals surface area contributed by atoms with E-state index in [1.54, 1.807) is 0 Å². The highest BCUT2D eigenvalue weighted by Crippen LogP contribution is 2.24. The Morgan fingerprint density at radius 3 is 2.89 bits per heavy atom. The minimum Gasteiger partial charge on any atom is -0.381 e. The van der Waals surface area contributed by atoms with E-state index >= 15 is 0 Å². The van der Waals surface area contributed by atoms with Gasteiger partial charge in [0.2, 0.25) is 5.91 Å². The zero-order valence-corrected chi connectivity index (χ0v) is 10.8. The zero-order valence-electron chi connectivity index (χ0n) is 10.8. The Bertz CT molecular complexity index is 406. The van der Waals surface area contributed by atoms with Crippen molar-refractivity contribution in [3.63, 3.8) is 0 Å². The maximum Gasteiger partial charge on any atom is 0.244 e. The maximum absolute atomic E-state index is 12.0. The van der Waals surface area contributed by atoms with E-state index < -0.39 is 0 Å². The highest BCUT2D eigenvalue weighted by atomic mass is 16.2. The van der Waals surface area contributed by atoms with Crippen LogP contribution in [0.3, 0.4) is 0 Å². The van der Waals surface area contributed by atoms with Gasteiger partial charge in [-0.3, -0.25) is 4.79 Å². The van der Waals surface area contributed by atoms with Crippen molar-refractivity contribution in [2.45, 2.75) is 32.2 Å². The number of hydrogen-bond donors (Lipinski definition) is 3. The van der Waals surface area contributed by atoms with Gasteiger partial charge in [0.15, 0.2) is 0 Å². The molecule has 1 unspecified atom stereocenters. The Hall–Kier alpha value is -1.71. The molecule has 1 heterocycles. The molecule has 18 heavy (non-hydrogen) atoms. The summed E-state index contributed by atoms with van der Waals surface area (Å²) in [5, 5.41) is 9.51. The van der Waals surface area contributed by atoms with Gasteiger partial charge in [0.25, 0.3) is 0 Å². The molecule has 2 rings (SSSR count). The molecule has 1 amide bonds. The summed E-state index contributed by atoms with van der Waals surface area (Å²) in [4.78, 5) is 12.0. The van der Waals surface area contributed by atoms with Gasteiger partial charge in [0.05, 0.1) is 11.4 Å². The molecule has 98 valence electrons. The van der Waals surface area contributed by atoms with Gasteiger partial charge in [-0.25, -0.2) is 0 Å². The van der Waals surface area contributed by atoms with Crippen molar-refractivity contribution in [1.82, 2.24) is 5.32 Å². The molecule has 0 fully saturated rings. The Morgan fingerprint density at radius 2 is 2.11 bits per heavy atom. The molecular weight excluding hydrogens is 226 g/mol. The molecule has 0 bridgehead atoms.